The monoisotopic (exact) mass is 909 g/mol. The second kappa shape index (κ2) is 16.7. The Kier molecular flexibility index (Phi) is 10.7. The topological polar surface area (TPSA) is 22.9 Å². The fourth-order valence-electron chi connectivity index (χ4n) is 11.0. The second-order valence-electron chi connectivity index (χ2n) is 21.3. The molecule has 0 aliphatic carbocycles. The molecular formula is C65H60BN3O. The molecule has 2 aliphatic heterocycles. The molecule has 0 fully saturated rings. The summed E-state index contributed by atoms with van der Waals surface area (Å²) in [6.07, 6.45) is 5.86. The Morgan fingerprint density at radius 3 is 1.90 bits per heavy atom. The fraction of sp³-hybridized carbons (Fsp3) is 0.169. The van der Waals surface area contributed by atoms with Crippen molar-refractivity contribution in [3.05, 3.63) is 222 Å². The van der Waals surface area contributed by atoms with Gasteiger partial charge >= 0.3 is 0 Å². The molecule has 0 radical (unpaired) electrons. The molecule has 3 heterocycles. The highest BCUT2D eigenvalue weighted by Gasteiger charge is 2.45. The van der Waals surface area contributed by atoms with Crippen molar-refractivity contribution in [3.8, 4) is 0 Å². The number of furan rings is 1. The van der Waals surface area contributed by atoms with Gasteiger partial charge in [0.1, 0.15) is 5.58 Å². The van der Waals surface area contributed by atoms with E-state index in [4.69, 9.17) is 4.42 Å². The third-order valence-corrected chi connectivity index (χ3v) is 14.5. The highest BCUT2D eigenvalue weighted by Crippen LogP contribution is 2.51. The molecule has 0 saturated carbocycles. The molecule has 0 atom stereocenters. The van der Waals surface area contributed by atoms with Crippen LogP contribution < -0.4 is 31.1 Å². The van der Waals surface area contributed by atoms with Gasteiger partial charge in [0.25, 0.3) is 6.71 Å². The maximum absolute atomic E-state index is 7.23. The predicted molar refractivity (Wildman–Crippen MR) is 302 cm³/mol. The number of aryl methyl sites for hydroxylation is 3. The van der Waals surface area contributed by atoms with Crippen molar-refractivity contribution in [2.75, 3.05) is 14.7 Å². The minimum absolute atomic E-state index is 0.0690. The van der Waals surface area contributed by atoms with E-state index in [1.807, 2.05) is 12.2 Å². The number of fused-ring (bicyclic) bond motifs is 7. The Morgan fingerprint density at radius 2 is 1.19 bits per heavy atom. The molecule has 0 bridgehead atoms. The fourth-order valence-corrected chi connectivity index (χ4v) is 11.0. The summed E-state index contributed by atoms with van der Waals surface area (Å²) in [5, 5.41) is 2.21. The SMILES string of the molecule is C=C/C=C(\C=C)c1ccccc1N1c2ccc(C(C)(C)C)cc2B2c3cc(C)ccc3N(c3ccc(C)cc3)c3cc(N(c4ccccc4C)c4cccc5c4oc4c(C(C)(C)C)cccc45)cc1c32. The van der Waals surface area contributed by atoms with Gasteiger partial charge in [-0.2, -0.15) is 0 Å². The molecule has 0 unspecified atom stereocenters. The van der Waals surface area contributed by atoms with Crippen molar-refractivity contribution in [1.29, 1.82) is 0 Å². The minimum Gasteiger partial charge on any atom is -0.454 e. The van der Waals surface area contributed by atoms with E-state index in [0.29, 0.717) is 0 Å². The van der Waals surface area contributed by atoms with Crippen LogP contribution >= 0.6 is 0 Å². The van der Waals surface area contributed by atoms with Crippen molar-refractivity contribution >= 4 is 102 Å². The van der Waals surface area contributed by atoms with Gasteiger partial charge in [0.2, 0.25) is 0 Å². The number of benzene rings is 8. The van der Waals surface area contributed by atoms with Gasteiger partial charge in [0.15, 0.2) is 5.58 Å². The van der Waals surface area contributed by atoms with Gasteiger partial charge in [-0.3, -0.25) is 0 Å². The van der Waals surface area contributed by atoms with Crippen LogP contribution in [-0.4, -0.2) is 6.71 Å². The van der Waals surface area contributed by atoms with E-state index in [-0.39, 0.29) is 17.5 Å². The van der Waals surface area contributed by atoms with Gasteiger partial charge < -0.3 is 19.1 Å². The average molecular weight is 910 g/mol. The quantitative estimate of drug-likeness (QED) is 0.112. The van der Waals surface area contributed by atoms with Gasteiger partial charge in [-0.1, -0.05) is 187 Å². The number of rotatable bonds is 8. The summed E-state index contributed by atoms with van der Waals surface area (Å²) in [5.41, 5.74) is 23.4. The molecule has 0 saturated heterocycles. The lowest BCUT2D eigenvalue weighted by Gasteiger charge is -2.45. The number of hydrogen-bond donors (Lipinski definition) is 0. The lowest BCUT2D eigenvalue weighted by atomic mass is 9.33. The van der Waals surface area contributed by atoms with Crippen molar-refractivity contribution in [1.82, 2.24) is 0 Å². The van der Waals surface area contributed by atoms with Crippen LogP contribution in [0.3, 0.4) is 0 Å². The normalized spacial score (nSPS) is 13.3. The molecule has 0 amide bonds. The summed E-state index contributed by atoms with van der Waals surface area (Å²) in [7, 11) is 0. The third-order valence-electron chi connectivity index (χ3n) is 14.5. The zero-order valence-electron chi connectivity index (χ0n) is 42.0. The van der Waals surface area contributed by atoms with Crippen molar-refractivity contribution in [2.45, 2.75) is 73.1 Å². The summed E-state index contributed by atoms with van der Waals surface area (Å²) < 4.78 is 7.23. The van der Waals surface area contributed by atoms with Crippen LogP contribution in [-0.2, 0) is 10.8 Å². The summed E-state index contributed by atoms with van der Waals surface area (Å²) in [4.78, 5) is 7.48. The van der Waals surface area contributed by atoms with E-state index in [9.17, 15) is 0 Å². The Bertz CT molecular complexity index is 3620. The summed E-state index contributed by atoms with van der Waals surface area (Å²) in [6.45, 7) is 28.7. The number of hydrogen-bond acceptors (Lipinski definition) is 4. The van der Waals surface area contributed by atoms with E-state index < -0.39 is 0 Å². The first kappa shape index (κ1) is 44.7. The van der Waals surface area contributed by atoms with Gasteiger partial charge in [-0.25, -0.2) is 0 Å². The molecule has 70 heavy (non-hydrogen) atoms. The lowest BCUT2D eigenvalue weighted by molar-refractivity contribution is 0.573. The highest BCUT2D eigenvalue weighted by molar-refractivity contribution is 7.00. The number of allylic oxidation sites excluding steroid dienone is 4. The zero-order valence-corrected chi connectivity index (χ0v) is 42.0. The minimum atomic E-state index is -0.120. The van der Waals surface area contributed by atoms with Crippen LogP contribution in [0.1, 0.15) is 74.9 Å². The largest absolute Gasteiger partial charge is 0.454 e. The molecule has 344 valence electrons. The molecule has 1 aromatic heterocycles. The molecule has 4 nitrogen and oxygen atoms in total. The number of anilines is 9. The first-order valence-electron chi connectivity index (χ1n) is 24.6. The van der Waals surface area contributed by atoms with Crippen LogP contribution in [0.2, 0.25) is 0 Å². The molecule has 2 aliphatic rings. The van der Waals surface area contributed by atoms with Gasteiger partial charge in [-0.15, -0.1) is 0 Å². The molecule has 5 heteroatoms. The third kappa shape index (κ3) is 7.21. The van der Waals surface area contributed by atoms with E-state index >= 15 is 0 Å². The molecule has 9 aromatic rings. The maximum atomic E-state index is 7.23. The smallest absolute Gasteiger partial charge is 0.252 e. The summed E-state index contributed by atoms with van der Waals surface area (Å²) in [5.74, 6) is 0. The molecule has 0 N–H and O–H groups in total. The molecule has 0 spiro atoms. The number of nitrogens with zero attached hydrogens (tertiary/aromatic N) is 3. The Morgan fingerprint density at radius 1 is 0.557 bits per heavy atom. The predicted octanol–water partition coefficient (Wildman–Crippen LogP) is 16.4. The van der Waals surface area contributed by atoms with E-state index in [2.05, 4.69) is 254 Å². The van der Waals surface area contributed by atoms with Crippen molar-refractivity contribution < 1.29 is 4.42 Å². The van der Waals surface area contributed by atoms with Crippen LogP contribution in [0.25, 0.3) is 27.5 Å². The Hall–Kier alpha value is -7.76. The maximum Gasteiger partial charge on any atom is 0.252 e. The first-order chi connectivity index (χ1) is 33.7. The summed E-state index contributed by atoms with van der Waals surface area (Å²) in [6, 6.07) is 58.8. The van der Waals surface area contributed by atoms with Gasteiger partial charge in [0, 0.05) is 56.0 Å². The zero-order chi connectivity index (χ0) is 48.8. The highest BCUT2D eigenvalue weighted by atomic mass is 16.3. The molecule has 11 rings (SSSR count). The van der Waals surface area contributed by atoms with Crippen LogP contribution in [0.4, 0.5) is 51.2 Å². The standard InChI is InChI=1S/C65H60BN3O/c1-12-20-44(13-2)48-22-15-17-27-55(48)69-57-36-32-45(64(6,7)8)38-53(57)66-52-37-42(4)31-35-56(52)67(46-33-29-41(3)30-34-46)59-39-47(40-60(69)61(59)66)68(54-26-16-14-21-43(54)5)58-28-19-24-50-49-23-18-25-51(65(9,10)11)62(49)70-63(50)58/h12-40H,1-2H2,3-11H3/b44-20+. The Balaban J connectivity index is 1.31. The first-order valence-corrected chi connectivity index (χ1v) is 24.6. The molecule has 8 aromatic carbocycles. The van der Waals surface area contributed by atoms with E-state index in [0.717, 1.165) is 84.1 Å². The van der Waals surface area contributed by atoms with Gasteiger partial charge in [0.05, 0.1) is 17.1 Å². The van der Waals surface area contributed by atoms with Crippen LogP contribution in [0, 0.1) is 20.8 Å². The second-order valence-corrected chi connectivity index (χ2v) is 21.3. The Labute approximate surface area is 414 Å². The van der Waals surface area contributed by atoms with Crippen molar-refractivity contribution in [2.24, 2.45) is 0 Å². The van der Waals surface area contributed by atoms with E-state index in [1.54, 1.807) is 0 Å². The average Bonchev–Trinajstić information content (AvgIpc) is 3.73. The summed E-state index contributed by atoms with van der Waals surface area (Å²) >= 11 is 0. The van der Waals surface area contributed by atoms with Crippen LogP contribution in [0.5, 0.6) is 0 Å². The number of para-hydroxylation sites is 4. The van der Waals surface area contributed by atoms with Gasteiger partial charge in [-0.05, 0) is 119 Å². The molecular weight excluding hydrogens is 850 g/mol. The van der Waals surface area contributed by atoms with E-state index in [1.165, 1.54) is 44.3 Å². The van der Waals surface area contributed by atoms with Crippen LogP contribution in [0.15, 0.2) is 194 Å². The van der Waals surface area contributed by atoms with Crippen molar-refractivity contribution in [3.63, 3.8) is 0 Å². The lowest BCUT2D eigenvalue weighted by Crippen LogP contribution is -2.61.